The van der Waals surface area contributed by atoms with Gasteiger partial charge in [-0.15, -0.1) is 0 Å². The van der Waals surface area contributed by atoms with Crippen molar-refractivity contribution >= 4 is 11.6 Å². The minimum Gasteiger partial charge on any atom is -0.497 e. The summed E-state index contributed by atoms with van der Waals surface area (Å²) >= 11 is 0. The Labute approximate surface area is 174 Å². The van der Waals surface area contributed by atoms with Crippen molar-refractivity contribution in [1.82, 2.24) is 14.8 Å². The van der Waals surface area contributed by atoms with Gasteiger partial charge in [0.05, 0.1) is 20.1 Å². The lowest BCUT2D eigenvalue weighted by atomic mass is 10.1. The lowest BCUT2D eigenvalue weighted by Crippen LogP contribution is -2.14. The van der Waals surface area contributed by atoms with Gasteiger partial charge >= 0.3 is 0 Å². The topological polar surface area (TPSA) is 82.2 Å². The number of methoxy groups -OCH3 is 1. The van der Waals surface area contributed by atoms with Gasteiger partial charge in [0, 0.05) is 23.6 Å². The first-order valence-electron chi connectivity index (χ1n) is 9.57. The maximum atomic E-state index is 12.3. The van der Waals surface area contributed by atoms with Gasteiger partial charge in [-0.25, -0.2) is 4.98 Å². The van der Waals surface area contributed by atoms with Gasteiger partial charge in [-0.2, -0.15) is 5.10 Å². The molecule has 0 saturated carbocycles. The van der Waals surface area contributed by atoms with Crippen LogP contribution in [0.15, 0.2) is 71.4 Å². The molecule has 0 atom stereocenters. The highest BCUT2D eigenvalue weighted by atomic mass is 16.5. The highest BCUT2D eigenvalue weighted by molar-refractivity contribution is 5.92. The number of benzene rings is 2. The van der Waals surface area contributed by atoms with E-state index in [1.807, 2.05) is 67.7 Å². The van der Waals surface area contributed by atoms with Crippen LogP contribution in [0.4, 0.5) is 5.69 Å². The van der Waals surface area contributed by atoms with E-state index in [9.17, 15) is 4.79 Å². The maximum Gasteiger partial charge on any atom is 0.228 e. The first-order chi connectivity index (χ1) is 14.6. The Kier molecular flexibility index (Phi) is 5.61. The van der Waals surface area contributed by atoms with Crippen molar-refractivity contribution in [3.63, 3.8) is 0 Å². The summed E-state index contributed by atoms with van der Waals surface area (Å²) < 4.78 is 12.8. The van der Waals surface area contributed by atoms with Crippen LogP contribution >= 0.6 is 0 Å². The molecule has 30 heavy (non-hydrogen) atoms. The molecule has 2 aromatic carbocycles. The number of carbonyl (C=O) groups is 1. The monoisotopic (exact) mass is 402 g/mol. The largest absolute Gasteiger partial charge is 0.497 e. The lowest BCUT2D eigenvalue weighted by Gasteiger charge is -2.06. The Hall–Kier alpha value is -3.87. The van der Waals surface area contributed by atoms with Gasteiger partial charge in [0.25, 0.3) is 0 Å². The van der Waals surface area contributed by atoms with Crippen LogP contribution < -0.4 is 10.1 Å². The second-order valence-corrected chi connectivity index (χ2v) is 6.88. The second-order valence-electron chi connectivity index (χ2n) is 6.88. The molecule has 0 fully saturated rings. The van der Waals surface area contributed by atoms with Crippen molar-refractivity contribution < 1.29 is 13.9 Å². The Morgan fingerprint density at radius 1 is 1.13 bits per heavy atom. The van der Waals surface area contributed by atoms with Crippen molar-refractivity contribution in [3.8, 4) is 17.2 Å². The van der Waals surface area contributed by atoms with Crippen LogP contribution in [0.1, 0.15) is 17.0 Å². The Morgan fingerprint density at radius 3 is 2.57 bits per heavy atom. The van der Waals surface area contributed by atoms with E-state index in [4.69, 9.17) is 9.15 Å². The fourth-order valence-electron chi connectivity index (χ4n) is 3.08. The van der Waals surface area contributed by atoms with Crippen LogP contribution in [0, 0.1) is 6.92 Å². The SMILES string of the molecule is COc1ccc(CC(=O)Nc2ccc(-c3nc(Cn4cccn4)c(C)o3)cc2)cc1. The van der Waals surface area contributed by atoms with Gasteiger partial charge < -0.3 is 14.5 Å². The summed E-state index contributed by atoms with van der Waals surface area (Å²) in [5, 5.41) is 7.11. The van der Waals surface area contributed by atoms with Crippen LogP contribution in [0.25, 0.3) is 11.5 Å². The van der Waals surface area contributed by atoms with E-state index in [0.29, 0.717) is 18.9 Å². The zero-order valence-corrected chi connectivity index (χ0v) is 16.8. The molecule has 0 unspecified atom stereocenters. The van der Waals surface area contributed by atoms with Gasteiger partial charge in [0.2, 0.25) is 11.8 Å². The molecule has 0 bridgehead atoms. The van der Waals surface area contributed by atoms with Crippen LogP contribution in [0.3, 0.4) is 0 Å². The highest BCUT2D eigenvalue weighted by Gasteiger charge is 2.12. The van der Waals surface area contributed by atoms with Crippen molar-refractivity contribution in [1.29, 1.82) is 0 Å². The molecule has 0 saturated heterocycles. The number of hydrogen-bond donors (Lipinski definition) is 1. The van der Waals surface area contributed by atoms with Crippen molar-refractivity contribution in [3.05, 3.63) is 84.0 Å². The molecule has 0 spiro atoms. The predicted molar refractivity (Wildman–Crippen MR) is 113 cm³/mol. The quantitative estimate of drug-likeness (QED) is 0.504. The molecule has 2 heterocycles. The standard InChI is InChI=1S/C23H22N4O3/c1-16-21(15-27-13-3-12-24-27)26-23(30-16)18-6-8-19(9-7-18)25-22(28)14-17-4-10-20(29-2)11-5-17/h3-13H,14-15H2,1-2H3,(H,25,28). The summed E-state index contributed by atoms with van der Waals surface area (Å²) in [4.78, 5) is 16.9. The number of nitrogens with one attached hydrogen (secondary N) is 1. The maximum absolute atomic E-state index is 12.3. The number of aromatic nitrogens is 3. The first-order valence-corrected chi connectivity index (χ1v) is 9.57. The molecule has 1 N–H and O–H groups in total. The predicted octanol–water partition coefficient (Wildman–Crippen LogP) is 4.08. The smallest absolute Gasteiger partial charge is 0.228 e. The fourth-order valence-corrected chi connectivity index (χ4v) is 3.08. The minimum absolute atomic E-state index is 0.0820. The molecule has 2 aromatic heterocycles. The zero-order valence-electron chi connectivity index (χ0n) is 16.8. The molecule has 7 nitrogen and oxygen atoms in total. The Balaban J connectivity index is 1.39. The first kappa shape index (κ1) is 19.4. The number of nitrogens with zero attached hydrogens (tertiary/aromatic N) is 3. The third-order valence-electron chi connectivity index (χ3n) is 4.70. The molecule has 152 valence electrons. The zero-order chi connectivity index (χ0) is 20.9. The third-order valence-corrected chi connectivity index (χ3v) is 4.70. The van der Waals surface area contributed by atoms with Crippen LogP contribution in [0.2, 0.25) is 0 Å². The Bertz CT molecular complexity index is 1110. The molecule has 0 aliphatic heterocycles. The lowest BCUT2D eigenvalue weighted by molar-refractivity contribution is -0.115. The second kappa shape index (κ2) is 8.65. The number of rotatable bonds is 7. The van der Waals surface area contributed by atoms with Crippen molar-refractivity contribution in [2.45, 2.75) is 19.9 Å². The van der Waals surface area contributed by atoms with Gasteiger partial charge in [0.1, 0.15) is 17.2 Å². The third kappa shape index (κ3) is 4.57. The average Bonchev–Trinajstić information content (AvgIpc) is 3.39. The number of carbonyl (C=O) groups excluding carboxylic acids is 1. The highest BCUT2D eigenvalue weighted by Crippen LogP contribution is 2.24. The van der Waals surface area contributed by atoms with E-state index >= 15 is 0 Å². The molecule has 0 radical (unpaired) electrons. The molecule has 0 aliphatic carbocycles. The Morgan fingerprint density at radius 2 is 1.90 bits per heavy atom. The molecular formula is C23H22N4O3. The fraction of sp³-hybridized carbons (Fsp3) is 0.174. The number of amides is 1. The molecule has 7 heteroatoms. The number of hydrogen-bond acceptors (Lipinski definition) is 5. The molecule has 0 aliphatic rings. The van der Waals surface area contributed by atoms with Crippen molar-refractivity contribution in [2.24, 2.45) is 0 Å². The summed E-state index contributed by atoms with van der Waals surface area (Å²) in [6, 6.07) is 16.8. The van der Waals surface area contributed by atoms with Crippen LogP contribution in [0.5, 0.6) is 5.75 Å². The minimum atomic E-state index is -0.0820. The van der Waals surface area contributed by atoms with Crippen LogP contribution in [-0.2, 0) is 17.8 Å². The van der Waals surface area contributed by atoms with E-state index in [1.165, 1.54) is 0 Å². The van der Waals surface area contributed by atoms with Gasteiger partial charge in [-0.3, -0.25) is 9.48 Å². The number of oxazole rings is 1. The summed E-state index contributed by atoms with van der Waals surface area (Å²) in [6.07, 6.45) is 3.91. The molecule has 4 aromatic rings. The summed E-state index contributed by atoms with van der Waals surface area (Å²) in [7, 11) is 1.62. The summed E-state index contributed by atoms with van der Waals surface area (Å²) in [6.45, 7) is 2.45. The van der Waals surface area contributed by atoms with Gasteiger partial charge in [0.15, 0.2) is 0 Å². The molecule has 1 amide bonds. The average molecular weight is 402 g/mol. The summed E-state index contributed by atoms with van der Waals surface area (Å²) in [5.74, 6) is 1.99. The number of aryl methyl sites for hydroxylation is 1. The van der Waals surface area contributed by atoms with Crippen molar-refractivity contribution in [2.75, 3.05) is 12.4 Å². The number of anilines is 1. The van der Waals surface area contributed by atoms with E-state index in [-0.39, 0.29) is 5.91 Å². The van der Waals surface area contributed by atoms with E-state index < -0.39 is 0 Å². The van der Waals surface area contributed by atoms with Crippen LogP contribution in [-0.4, -0.2) is 27.8 Å². The number of ether oxygens (including phenoxy) is 1. The molecular weight excluding hydrogens is 380 g/mol. The van der Waals surface area contributed by atoms with E-state index in [0.717, 1.165) is 34.0 Å². The van der Waals surface area contributed by atoms with E-state index in [2.05, 4.69) is 15.4 Å². The summed E-state index contributed by atoms with van der Waals surface area (Å²) in [5.41, 5.74) is 3.32. The molecule has 4 rings (SSSR count). The van der Waals surface area contributed by atoms with E-state index in [1.54, 1.807) is 18.0 Å². The van der Waals surface area contributed by atoms with Gasteiger partial charge in [-0.05, 0) is 55.0 Å². The van der Waals surface area contributed by atoms with Gasteiger partial charge in [-0.1, -0.05) is 12.1 Å². The normalized spacial score (nSPS) is 10.7.